The summed E-state index contributed by atoms with van der Waals surface area (Å²) >= 11 is 0. The Labute approximate surface area is 181 Å². The van der Waals surface area contributed by atoms with Crippen LogP contribution in [0.5, 0.6) is 0 Å². The maximum absolute atomic E-state index is 13.1. The molecular formula is C26H44O2S. The van der Waals surface area contributed by atoms with Gasteiger partial charge in [-0.15, -0.1) is 0 Å². The van der Waals surface area contributed by atoms with Gasteiger partial charge in [0.2, 0.25) is 0 Å². The summed E-state index contributed by atoms with van der Waals surface area (Å²) in [5.41, 5.74) is 2.27. The van der Waals surface area contributed by atoms with Crippen LogP contribution in [0.1, 0.15) is 92.4 Å². The van der Waals surface area contributed by atoms with Crippen molar-refractivity contribution in [3.63, 3.8) is 0 Å². The summed E-state index contributed by atoms with van der Waals surface area (Å²) in [5.74, 6) is 4.57. The SMILES string of the molecule is CC(C)CCS(=O)[C@@H](C)[C@H]1CC[C@H]2[C@@H]3CC=C4C[C@@H](O)CC[C@]4(C)[C@H]3CC[C@]12C. The molecule has 0 aromatic heterocycles. The van der Waals surface area contributed by atoms with Crippen molar-refractivity contribution < 1.29 is 9.32 Å². The minimum Gasteiger partial charge on any atom is -0.393 e. The lowest BCUT2D eigenvalue weighted by Crippen LogP contribution is -2.51. The molecule has 4 aliphatic carbocycles. The molecule has 0 aliphatic heterocycles. The normalized spacial score (nSPS) is 46.4. The Morgan fingerprint density at radius 3 is 2.59 bits per heavy atom. The van der Waals surface area contributed by atoms with Gasteiger partial charge in [-0.3, -0.25) is 4.21 Å². The third-order valence-corrected chi connectivity index (χ3v) is 11.8. The topological polar surface area (TPSA) is 37.3 Å². The molecule has 1 N–H and O–H groups in total. The Morgan fingerprint density at radius 2 is 1.86 bits per heavy atom. The zero-order valence-electron chi connectivity index (χ0n) is 19.5. The quantitative estimate of drug-likeness (QED) is 0.545. The largest absolute Gasteiger partial charge is 0.393 e. The van der Waals surface area contributed by atoms with E-state index in [0.717, 1.165) is 42.8 Å². The van der Waals surface area contributed by atoms with Crippen LogP contribution in [-0.2, 0) is 10.8 Å². The molecule has 4 rings (SSSR count). The van der Waals surface area contributed by atoms with E-state index in [0.29, 0.717) is 27.9 Å². The van der Waals surface area contributed by atoms with E-state index in [2.05, 4.69) is 40.7 Å². The first-order chi connectivity index (χ1) is 13.7. The maximum atomic E-state index is 13.1. The highest BCUT2D eigenvalue weighted by molar-refractivity contribution is 7.85. The number of hydrogen-bond acceptors (Lipinski definition) is 2. The number of allylic oxidation sites excluding steroid dienone is 1. The summed E-state index contributed by atoms with van der Waals surface area (Å²) in [7, 11) is -0.685. The van der Waals surface area contributed by atoms with Crippen LogP contribution in [0.2, 0.25) is 0 Å². The maximum Gasteiger partial charge on any atom is 0.0577 e. The second-order valence-electron chi connectivity index (χ2n) is 11.9. The molecule has 0 radical (unpaired) electrons. The molecule has 0 bridgehead atoms. The van der Waals surface area contributed by atoms with Crippen LogP contribution >= 0.6 is 0 Å². The minimum atomic E-state index is -0.685. The van der Waals surface area contributed by atoms with Gasteiger partial charge in [-0.05, 0) is 98.2 Å². The fourth-order valence-electron chi connectivity index (χ4n) is 8.17. The lowest BCUT2D eigenvalue weighted by atomic mass is 9.47. The molecule has 166 valence electrons. The monoisotopic (exact) mass is 420 g/mol. The number of aliphatic hydroxyl groups excluding tert-OH is 1. The van der Waals surface area contributed by atoms with Crippen LogP contribution in [0.15, 0.2) is 11.6 Å². The van der Waals surface area contributed by atoms with Gasteiger partial charge in [-0.2, -0.15) is 0 Å². The molecule has 1 unspecified atom stereocenters. The standard InChI is InChI=1S/C26H44O2S/c1-17(2)12-15-29(28)18(3)22-8-9-23-21-7-6-19-16-20(27)10-13-25(19,4)24(21)11-14-26(22,23)5/h6,17-18,20-24,27H,7-16H2,1-5H3/t18-,20-,21-,22+,23-,24-,25-,26+,29?/m0/s1. The molecule has 4 aliphatic rings. The van der Waals surface area contributed by atoms with Crippen molar-refractivity contribution in [2.45, 2.75) is 104 Å². The van der Waals surface area contributed by atoms with E-state index < -0.39 is 10.8 Å². The summed E-state index contributed by atoms with van der Waals surface area (Å²) in [6.07, 6.45) is 13.1. The van der Waals surface area contributed by atoms with Crippen LogP contribution < -0.4 is 0 Å². The number of aliphatic hydroxyl groups is 1. The molecule has 0 spiro atoms. The number of fused-ring (bicyclic) bond motifs is 5. The Bertz CT molecular complexity index is 670. The average Bonchev–Trinajstić information content (AvgIpc) is 3.03. The highest BCUT2D eigenvalue weighted by Gasteiger charge is 2.59. The summed E-state index contributed by atoms with van der Waals surface area (Å²) in [6.45, 7) is 11.9. The van der Waals surface area contributed by atoms with E-state index in [4.69, 9.17) is 0 Å². The number of hydrogen-bond donors (Lipinski definition) is 1. The Hall–Kier alpha value is -0.150. The minimum absolute atomic E-state index is 0.114. The smallest absolute Gasteiger partial charge is 0.0577 e. The van der Waals surface area contributed by atoms with Gasteiger partial charge in [0.25, 0.3) is 0 Å². The summed E-state index contributed by atoms with van der Waals surface area (Å²) in [5, 5.41) is 10.5. The average molecular weight is 421 g/mol. The van der Waals surface area contributed by atoms with Crippen molar-refractivity contribution in [3.05, 3.63) is 11.6 Å². The molecule has 3 heteroatoms. The number of rotatable bonds is 5. The molecule has 3 saturated carbocycles. The molecule has 3 fully saturated rings. The van der Waals surface area contributed by atoms with E-state index in [9.17, 15) is 9.32 Å². The fraction of sp³-hybridized carbons (Fsp3) is 0.923. The Kier molecular flexibility index (Phi) is 6.15. The third-order valence-electron chi connectivity index (χ3n) is 10.0. The predicted octanol–water partition coefficient (Wildman–Crippen LogP) is 6.11. The lowest BCUT2D eigenvalue weighted by molar-refractivity contribution is -0.0494. The predicted molar refractivity (Wildman–Crippen MR) is 123 cm³/mol. The molecule has 0 saturated heterocycles. The van der Waals surface area contributed by atoms with Crippen LogP contribution in [0, 0.1) is 40.4 Å². The van der Waals surface area contributed by atoms with Gasteiger partial charge < -0.3 is 5.11 Å². The lowest BCUT2D eigenvalue weighted by Gasteiger charge is -2.58. The van der Waals surface area contributed by atoms with Gasteiger partial charge in [0, 0.05) is 21.8 Å². The zero-order chi connectivity index (χ0) is 21.0. The van der Waals surface area contributed by atoms with Gasteiger partial charge in [0.05, 0.1) is 6.10 Å². The van der Waals surface area contributed by atoms with Crippen molar-refractivity contribution in [1.29, 1.82) is 0 Å². The molecule has 0 amide bonds. The van der Waals surface area contributed by atoms with Crippen molar-refractivity contribution >= 4 is 10.8 Å². The summed E-state index contributed by atoms with van der Waals surface area (Å²) in [6, 6.07) is 0. The Balaban J connectivity index is 1.52. The van der Waals surface area contributed by atoms with Gasteiger partial charge in [-0.25, -0.2) is 0 Å². The molecule has 0 aromatic rings. The second-order valence-corrected chi connectivity index (χ2v) is 13.8. The fourth-order valence-corrected chi connectivity index (χ4v) is 10.1. The zero-order valence-corrected chi connectivity index (χ0v) is 20.3. The van der Waals surface area contributed by atoms with Crippen LogP contribution in [-0.4, -0.2) is 26.4 Å². The Morgan fingerprint density at radius 1 is 1.10 bits per heavy atom. The van der Waals surface area contributed by atoms with Gasteiger partial charge in [0.15, 0.2) is 0 Å². The summed E-state index contributed by atoms with van der Waals surface area (Å²) < 4.78 is 13.1. The van der Waals surface area contributed by atoms with Crippen molar-refractivity contribution in [2.75, 3.05) is 5.75 Å². The van der Waals surface area contributed by atoms with E-state index in [1.165, 1.54) is 38.5 Å². The highest BCUT2D eigenvalue weighted by atomic mass is 32.2. The van der Waals surface area contributed by atoms with Gasteiger partial charge in [-0.1, -0.05) is 46.3 Å². The van der Waals surface area contributed by atoms with Gasteiger partial charge in [0.1, 0.15) is 0 Å². The first kappa shape index (κ1) is 22.1. The molecule has 0 aromatic carbocycles. The first-order valence-corrected chi connectivity index (χ1v) is 13.8. The first-order valence-electron chi connectivity index (χ1n) is 12.4. The van der Waals surface area contributed by atoms with E-state index in [1.54, 1.807) is 5.57 Å². The van der Waals surface area contributed by atoms with Crippen molar-refractivity contribution in [2.24, 2.45) is 40.4 Å². The van der Waals surface area contributed by atoms with Crippen molar-refractivity contribution in [3.8, 4) is 0 Å². The van der Waals surface area contributed by atoms with Crippen LogP contribution in [0.3, 0.4) is 0 Å². The van der Waals surface area contributed by atoms with Crippen LogP contribution in [0.25, 0.3) is 0 Å². The second kappa shape index (κ2) is 8.08. The van der Waals surface area contributed by atoms with Gasteiger partial charge >= 0.3 is 0 Å². The molecule has 29 heavy (non-hydrogen) atoms. The molecule has 0 heterocycles. The van der Waals surface area contributed by atoms with E-state index in [1.807, 2.05) is 0 Å². The third kappa shape index (κ3) is 3.71. The highest BCUT2D eigenvalue weighted by Crippen LogP contribution is 2.66. The molecule has 9 atom stereocenters. The van der Waals surface area contributed by atoms with Crippen LogP contribution in [0.4, 0.5) is 0 Å². The van der Waals surface area contributed by atoms with E-state index in [-0.39, 0.29) is 6.10 Å². The summed E-state index contributed by atoms with van der Waals surface area (Å²) in [4.78, 5) is 0. The molecular weight excluding hydrogens is 376 g/mol. The van der Waals surface area contributed by atoms with E-state index >= 15 is 0 Å². The molecule has 2 nitrogen and oxygen atoms in total. The van der Waals surface area contributed by atoms with Crippen molar-refractivity contribution in [1.82, 2.24) is 0 Å².